The van der Waals surface area contributed by atoms with Gasteiger partial charge in [-0.25, -0.2) is 0 Å². The fraction of sp³-hybridized carbons (Fsp3) is 0.591. The van der Waals surface area contributed by atoms with Crippen LogP contribution in [-0.2, 0) is 25.5 Å². The maximum absolute atomic E-state index is 13.9. The van der Waals surface area contributed by atoms with Crippen LogP contribution in [0.25, 0.3) is 0 Å². The molecule has 0 N–H and O–H groups in total. The maximum Gasteiger partial charge on any atom is 0.402 e. The minimum absolute atomic E-state index is 0.161. The van der Waals surface area contributed by atoms with Crippen LogP contribution in [0.1, 0.15) is 63.9 Å². The number of ketones is 1. The number of hydrogen-bond donors (Lipinski definition) is 0. The highest BCUT2D eigenvalue weighted by Gasteiger charge is 2.60. The smallest absolute Gasteiger partial charge is 0.402 e. The van der Waals surface area contributed by atoms with E-state index in [1.54, 1.807) is 39.0 Å². The summed E-state index contributed by atoms with van der Waals surface area (Å²) in [6, 6.07) is 6.23. The number of benzene rings is 1. The number of hydrogen-bond acceptors (Lipinski definition) is 5. The molecule has 1 unspecified atom stereocenters. The van der Waals surface area contributed by atoms with Crippen molar-refractivity contribution < 1.29 is 37.0 Å². The van der Waals surface area contributed by atoms with Crippen LogP contribution in [0.15, 0.2) is 24.3 Å². The molecule has 0 bridgehead atoms. The lowest BCUT2D eigenvalue weighted by molar-refractivity contribution is -0.210. The zero-order valence-electron chi connectivity index (χ0n) is 18.0. The Morgan fingerprint density at radius 1 is 1.00 bits per heavy atom. The van der Waals surface area contributed by atoms with Gasteiger partial charge in [0.05, 0.1) is 0 Å². The second-order valence-electron chi connectivity index (χ2n) is 9.58. The zero-order chi connectivity index (χ0) is 23.1. The van der Waals surface area contributed by atoms with Crippen LogP contribution in [0.2, 0.25) is 0 Å². The fourth-order valence-corrected chi connectivity index (χ4v) is 3.40. The third kappa shape index (κ3) is 5.21. The predicted octanol–water partition coefficient (Wildman–Crippen LogP) is 4.66. The topological polar surface area (TPSA) is 69.7 Å². The largest absolute Gasteiger partial charge is 0.459 e. The first-order valence-corrected chi connectivity index (χ1v) is 9.62. The number of esters is 2. The van der Waals surface area contributed by atoms with Gasteiger partial charge in [-0.2, -0.15) is 13.2 Å². The molecule has 8 heteroatoms. The summed E-state index contributed by atoms with van der Waals surface area (Å²) in [7, 11) is 0. The van der Waals surface area contributed by atoms with Crippen molar-refractivity contribution in [2.24, 2.45) is 11.3 Å². The van der Waals surface area contributed by atoms with Crippen molar-refractivity contribution in [3.8, 4) is 0 Å². The van der Waals surface area contributed by atoms with Crippen LogP contribution in [0.3, 0.4) is 0 Å². The van der Waals surface area contributed by atoms with E-state index in [-0.39, 0.29) is 12.0 Å². The summed E-state index contributed by atoms with van der Waals surface area (Å²) in [5, 5.41) is 0. The minimum atomic E-state index is -5.01. The van der Waals surface area contributed by atoms with Crippen molar-refractivity contribution in [3.63, 3.8) is 0 Å². The van der Waals surface area contributed by atoms with E-state index in [9.17, 15) is 27.6 Å². The number of rotatable bonds is 4. The van der Waals surface area contributed by atoms with Crippen LogP contribution in [-0.4, -0.2) is 35.1 Å². The number of carbonyl (C=O) groups is 3. The summed E-state index contributed by atoms with van der Waals surface area (Å²) in [5.41, 5.74) is -3.75. The highest BCUT2D eigenvalue weighted by molar-refractivity contribution is 6.16. The molecular weight excluding hydrogens is 401 g/mol. The van der Waals surface area contributed by atoms with Crippen LogP contribution in [0.4, 0.5) is 13.2 Å². The first kappa shape index (κ1) is 23.9. The number of Topliss-reactive ketones (excluding diaryl/α,β-unsaturated/α-hetero) is 1. The summed E-state index contributed by atoms with van der Waals surface area (Å²) >= 11 is 0. The summed E-state index contributed by atoms with van der Waals surface area (Å²) in [6.07, 6.45) is -6.35. The van der Waals surface area contributed by atoms with Crippen molar-refractivity contribution in [1.82, 2.24) is 0 Å². The Morgan fingerprint density at radius 2 is 1.53 bits per heavy atom. The molecule has 5 nitrogen and oxygen atoms in total. The Hall–Kier alpha value is -2.38. The van der Waals surface area contributed by atoms with E-state index < -0.39 is 52.9 Å². The Labute approximate surface area is 173 Å². The molecule has 0 saturated heterocycles. The van der Waals surface area contributed by atoms with Gasteiger partial charge in [0.1, 0.15) is 16.6 Å². The molecule has 2 rings (SSSR count). The van der Waals surface area contributed by atoms with Gasteiger partial charge in [0.25, 0.3) is 0 Å². The van der Waals surface area contributed by atoms with E-state index in [1.807, 2.05) is 0 Å². The van der Waals surface area contributed by atoms with Crippen LogP contribution < -0.4 is 0 Å². The molecule has 1 aromatic rings. The normalized spacial score (nSPS) is 20.5. The van der Waals surface area contributed by atoms with Gasteiger partial charge in [0.2, 0.25) is 0 Å². The molecular formula is C22H27F3O5. The van der Waals surface area contributed by atoms with Crippen molar-refractivity contribution >= 4 is 17.7 Å². The third-order valence-corrected chi connectivity index (χ3v) is 4.62. The average Bonchev–Trinajstić information content (AvgIpc) is 2.82. The van der Waals surface area contributed by atoms with Crippen LogP contribution >= 0.6 is 0 Å². The van der Waals surface area contributed by atoms with Crippen molar-refractivity contribution in [2.75, 3.05) is 0 Å². The first-order chi connectivity index (χ1) is 13.5. The van der Waals surface area contributed by atoms with Gasteiger partial charge in [0, 0.05) is 5.56 Å². The van der Waals surface area contributed by atoms with E-state index in [2.05, 4.69) is 0 Å². The molecule has 0 fully saturated rings. The van der Waals surface area contributed by atoms with E-state index >= 15 is 0 Å². The van der Waals surface area contributed by atoms with Crippen molar-refractivity contribution in [1.29, 1.82) is 0 Å². The SMILES string of the molecule is CC(C)(C)OC(=O)C(C[C@@]1(C(=O)OC(C)(C)C)Cc2ccccc2C1=O)C(F)(F)F. The fourth-order valence-electron chi connectivity index (χ4n) is 3.40. The highest BCUT2D eigenvalue weighted by atomic mass is 19.4. The minimum Gasteiger partial charge on any atom is -0.459 e. The summed E-state index contributed by atoms with van der Waals surface area (Å²) in [6.45, 7) is 9.00. The lowest BCUT2D eigenvalue weighted by atomic mass is 9.75. The summed E-state index contributed by atoms with van der Waals surface area (Å²) in [4.78, 5) is 38.7. The molecule has 0 heterocycles. The number of fused-ring (bicyclic) bond motifs is 1. The van der Waals surface area contributed by atoms with Crippen molar-refractivity contribution in [3.05, 3.63) is 35.4 Å². The van der Waals surface area contributed by atoms with E-state index in [0.717, 1.165) is 0 Å². The second kappa shape index (κ2) is 7.71. The highest BCUT2D eigenvalue weighted by Crippen LogP contribution is 2.47. The molecule has 0 aliphatic heterocycles. The maximum atomic E-state index is 13.9. The van der Waals surface area contributed by atoms with Crippen molar-refractivity contribution in [2.45, 2.75) is 71.8 Å². The molecule has 0 radical (unpaired) electrons. The van der Waals surface area contributed by atoms with Gasteiger partial charge < -0.3 is 9.47 Å². The molecule has 30 heavy (non-hydrogen) atoms. The summed E-state index contributed by atoms with van der Waals surface area (Å²) < 4.78 is 51.9. The van der Waals surface area contributed by atoms with Crippen LogP contribution in [0.5, 0.6) is 0 Å². The average molecular weight is 428 g/mol. The van der Waals surface area contributed by atoms with E-state index in [4.69, 9.17) is 9.47 Å². The molecule has 0 aromatic heterocycles. The molecule has 1 aliphatic carbocycles. The van der Waals surface area contributed by atoms with Gasteiger partial charge in [-0.15, -0.1) is 0 Å². The second-order valence-corrected chi connectivity index (χ2v) is 9.58. The molecule has 166 valence electrons. The number of carbonyl (C=O) groups excluding carboxylic acids is 3. The molecule has 0 saturated carbocycles. The van der Waals surface area contributed by atoms with Gasteiger partial charge in [-0.3, -0.25) is 14.4 Å². The number of alkyl halides is 3. The zero-order valence-corrected chi connectivity index (χ0v) is 18.0. The van der Waals surface area contributed by atoms with Gasteiger partial charge in [-0.05, 0) is 59.9 Å². The van der Waals surface area contributed by atoms with Crippen LogP contribution in [0, 0.1) is 11.3 Å². The monoisotopic (exact) mass is 428 g/mol. The number of ether oxygens (including phenoxy) is 2. The first-order valence-electron chi connectivity index (χ1n) is 9.62. The predicted molar refractivity (Wildman–Crippen MR) is 103 cm³/mol. The third-order valence-electron chi connectivity index (χ3n) is 4.62. The quantitative estimate of drug-likeness (QED) is 0.515. The summed E-state index contributed by atoms with van der Waals surface area (Å²) in [5.74, 6) is -6.02. The standard InChI is InChI=1S/C22H27F3O5/c1-19(2,3)29-17(27)15(22(23,24)25)12-21(18(28)30-20(4,5)6)11-13-9-7-8-10-14(13)16(21)26/h7-10,15H,11-12H2,1-6H3/t15?,21-/m0/s1. The molecule has 2 atom stereocenters. The Morgan fingerprint density at radius 3 is 2.00 bits per heavy atom. The lowest BCUT2D eigenvalue weighted by Crippen LogP contribution is -2.48. The molecule has 0 amide bonds. The Balaban J connectivity index is 2.53. The molecule has 1 aliphatic rings. The van der Waals surface area contributed by atoms with Gasteiger partial charge >= 0.3 is 18.1 Å². The lowest BCUT2D eigenvalue weighted by Gasteiger charge is -2.33. The van der Waals surface area contributed by atoms with E-state index in [1.165, 1.54) is 26.8 Å². The van der Waals surface area contributed by atoms with E-state index in [0.29, 0.717) is 5.56 Å². The Kier molecular flexibility index (Phi) is 6.14. The molecule has 1 aromatic carbocycles. The molecule has 0 spiro atoms. The number of halogens is 3. The van der Waals surface area contributed by atoms with Gasteiger partial charge in [-0.1, -0.05) is 24.3 Å². The Bertz CT molecular complexity index is 846. The van der Waals surface area contributed by atoms with Gasteiger partial charge in [0.15, 0.2) is 11.7 Å².